The minimum Gasteiger partial charge on any atom is -0.507 e. The number of aromatic hydroxyl groups is 1. The van der Waals surface area contributed by atoms with Crippen LogP contribution >= 0.6 is 23.2 Å². The second-order valence-corrected chi connectivity index (χ2v) is 5.25. The summed E-state index contributed by atoms with van der Waals surface area (Å²) in [5, 5.41) is 30.2. The molecule has 9 heteroatoms. The summed E-state index contributed by atoms with van der Waals surface area (Å²) in [4.78, 5) is 21.1. The molecular weight excluding hydrogens is 349 g/mol. The van der Waals surface area contributed by atoms with Gasteiger partial charge in [0.05, 0.1) is 15.0 Å². The van der Waals surface area contributed by atoms with Gasteiger partial charge in [-0.1, -0.05) is 29.3 Å². The molecule has 2 aromatic carbocycles. The van der Waals surface area contributed by atoms with Gasteiger partial charge in [-0.2, -0.15) is 0 Å². The third-order valence-electron chi connectivity index (χ3n) is 2.88. The zero-order valence-corrected chi connectivity index (χ0v) is 12.8. The summed E-state index contributed by atoms with van der Waals surface area (Å²) in [6.45, 7) is -0.0798. The van der Waals surface area contributed by atoms with Gasteiger partial charge in [-0.25, -0.2) is 4.79 Å². The van der Waals surface area contributed by atoms with Gasteiger partial charge in [0.25, 0.3) is 0 Å². The molecule has 0 heterocycles. The fourth-order valence-corrected chi connectivity index (χ4v) is 2.10. The van der Waals surface area contributed by atoms with Crippen LogP contribution in [0.2, 0.25) is 10.0 Å². The number of hydrogen-bond donors (Lipinski definition) is 2. The molecule has 0 radical (unpaired) electrons. The average molecular weight is 358 g/mol. The minimum absolute atomic E-state index is 0.0798. The van der Waals surface area contributed by atoms with Crippen molar-refractivity contribution in [2.45, 2.75) is 6.61 Å². The first-order valence-electron chi connectivity index (χ1n) is 6.11. The van der Waals surface area contributed by atoms with Gasteiger partial charge >= 0.3 is 11.7 Å². The van der Waals surface area contributed by atoms with E-state index in [0.29, 0.717) is 15.6 Å². The molecule has 0 bridgehead atoms. The first-order chi connectivity index (χ1) is 10.8. The molecule has 7 nitrogen and oxygen atoms in total. The summed E-state index contributed by atoms with van der Waals surface area (Å²) in [7, 11) is 0. The molecule has 2 aromatic rings. The number of phenols is 1. The normalized spacial score (nSPS) is 10.3. The number of hydrogen-bond acceptors (Lipinski definition) is 5. The van der Waals surface area contributed by atoms with Crippen LogP contribution in [0.1, 0.15) is 15.9 Å². The van der Waals surface area contributed by atoms with Crippen molar-refractivity contribution in [3.05, 3.63) is 61.6 Å². The van der Waals surface area contributed by atoms with E-state index in [1.165, 1.54) is 6.07 Å². The van der Waals surface area contributed by atoms with Crippen molar-refractivity contribution in [1.82, 2.24) is 0 Å². The maximum absolute atomic E-state index is 11.0. The van der Waals surface area contributed by atoms with Crippen LogP contribution in [0, 0.1) is 10.1 Å². The highest BCUT2D eigenvalue weighted by Crippen LogP contribution is 2.35. The van der Waals surface area contributed by atoms with Gasteiger partial charge < -0.3 is 14.9 Å². The van der Waals surface area contributed by atoms with Gasteiger partial charge in [0.1, 0.15) is 17.9 Å². The quantitative estimate of drug-likeness (QED) is 0.620. The van der Waals surface area contributed by atoms with Gasteiger partial charge in [0.2, 0.25) is 5.75 Å². The lowest BCUT2D eigenvalue weighted by atomic mass is 10.1. The Morgan fingerprint density at radius 1 is 1.22 bits per heavy atom. The van der Waals surface area contributed by atoms with E-state index in [1.807, 2.05) is 0 Å². The predicted octanol–water partition coefficient (Wildman–Crippen LogP) is 3.88. The predicted molar refractivity (Wildman–Crippen MR) is 82.5 cm³/mol. The number of ether oxygens (including phenoxy) is 1. The number of nitro groups is 1. The van der Waals surface area contributed by atoms with Crippen LogP contribution < -0.4 is 4.74 Å². The van der Waals surface area contributed by atoms with Crippen molar-refractivity contribution in [2.75, 3.05) is 0 Å². The van der Waals surface area contributed by atoms with Crippen LogP contribution in [0.5, 0.6) is 11.5 Å². The highest BCUT2D eigenvalue weighted by molar-refractivity contribution is 6.42. The SMILES string of the molecule is O=C(O)c1cc([N+](=O)[O-])c(OCc2ccc(Cl)c(Cl)c2)cc1O. The number of carbonyl (C=O) groups is 1. The highest BCUT2D eigenvalue weighted by atomic mass is 35.5. The first kappa shape index (κ1) is 16.9. The molecule has 120 valence electrons. The molecule has 2 rings (SSSR count). The summed E-state index contributed by atoms with van der Waals surface area (Å²) in [5.74, 6) is -2.38. The molecule has 0 fully saturated rings. The number of carboxylic acids is 1. The van der Waals surface area contributed by atoms with Crippen LogP contribution in [-0.4, -0.2) is 21.1 Å². The van der Waals surface area contributed by atoms with Crippen LogP contribution in [0.25, 0.3) is 0 Å². The number of rotatable bonds is 5. The summed E-state index contributed by atoms with van der Waals surface area (Å²) in [6, 6.07) is 6.32. The van der Waals surface area contributed by atoms with Gasteiger partial charge in [-0.15, -0.1) is 0 Å². The fourth-order valence-electron chi connectivity index (χ4n) is 1.78. The van der Waals surface area contributed by atoms with Crippen LogP contribution in [0.4, 0.5) is 5.69 Å². The second kappa shape index (κ2) is 6.72. The Balaban J connectivity index is 2.31. The van der Waals surface area contributed by atoms with Crippen molar-refractivity contribution in [1.29, 1.82) is 0 Å². The van der Waals surface area contributed by atoms with Crippen molar-refractivity contribution in [3.63, 3.8) is 0 Å². The Kier molecular flexibility index (Phi) is 4.92. The van der Waals surface area contributed by atoms with Gasteiger partial charge in [0.15, 0.2) is 0 Å². The first-order valence-corrected chi connectivity index (χ1v) is 6.86. The third kappa shape index (κ3) is 3.82. The Hall–Kier alpha value is -2.51. The topological polar surface area (TPSA) is 110 Å². The lowest BCUT2D eigenvalue weighted by Crippen LogP contribution is -2.03. The molecule has 0 aliphatic carbocycles. The lowest BCUT2D eigenvalue weighted by molar-refractivity contribution is -0.386. The maximum Gasteiger partial charge on any atom is 0.339 e. The molecule has 0 unspecified atom stereocenters. The second-order valence-electron chi connectivity index (χ2n) is 4.44. The number of carboxylic acid groups (broad SMARTS) is 1. The third-order valence-corrected chi connectivity index (χ3v) is 3.62. The average Bonchev–Trinajstić information content (AvgIpc) is 2.47. The van der Waals surface area contributed by atoms with Crippen LogP contribution in [0.15, 0.2) is 30.3 Å². The zero-order chi connectivity index (χ0) is 17.1. The maximum atomic E-state index is 11.0. The Bertz CT molecular complexity index is 793. The molecule has 0 atom stereocenters. The number of benzene rings is 2. The van der Waals surface area contributed by atoms with E-state index < -0.39 is 27.9 Å². The Morgan fingerprint density at radius 3 is 2.48 bits per heavy atom. The summed E-state index contributed by atoms with van der Waals surface area (Å²) in [5.41, 5.74) is -0.561. The molecule has 0 aliphatic heterocycles. The molecule has 0 saturated carbocycles. The zero-order valence-electron chi connectivity index (χ0n) is 11.3. The summed E-state index contributed by atoms with van der Waals surface area (Å²) >= 11 is 11.6. The van der Waals surface area contributed by atoms with Crippen molar-refractivity contribution in [2.24, 2.45) is 0 Å². The summed E-state index contributed by atoms with van der Waals surface area (Å²) in [6.07, 6.45) is 0. The Morgan fingerprint density at radius 2 is 1.91 bits per heavy atom. The molecule has 0 saturated heterocycles. The highest BCUT2D eigenvalue weighted by Gasteiger charge is 2.22. The van der Waals surface area contributed by atoms with E-state index in [1.54, 1.807) is 12.1 Å². The minimum atomic E-state index is -1.48. The van der Waals surface area contributed by atoms with Crippen molar-refractivity contribution < 1.29 is 24.7 Å². The van der Waals surface area contributed by atoms with E-state index in [2.05, 4.69) is 0 Å². The standard InChI is InChI=1S/C14H9Cl2NO6/c15-9-2-1-7(3-10(9)16)6-23-13-5-12(18)8(14(19)20)4-11(13)17(21)22/h1-5,18H,6H2,(H,19,20). The lowest BCUT2D eigenvalue weighted by Gasteiger charge is -2.09. The largest absolute Gasteiger partial charge is 0.507 e. The summed E-state index contributed by atoms with van der Waals surface area (Å²) < 4.78 is 5.30. The van der Waals surface area contributed by atoms with E-state index in [0.717, 1.165) is 12.1 Å². The van der Waals surface area contributed by atoms with Gasteiger partial charge in [0, 0.05) is 12.1 Å². The van der Waals surface area contributed by atoms with E-state index in [9.17, 15) is 20.0 Å². The molecule has 0 spiro atoms. The molecule has 0 aliphatic rings. The van der Waals surface area contributed by atoms with Crippen molar-refractivity contribution in [3.8, 4) is 11.5 Å². The van der Waals surface area contributed by atoms with Crippen LogP contribution in [0.3, 0.4) is 0 Å². The van der Waals surface area contributed by atoms with Crippen molar-refractivity contribution >= 4 is 34.9 Å². The molecular formula is C14H9Cl2NO6. The Labute approximate surface area is 139 Å². The number of aromatic carboxylic acids is 1. The number of nitro benzene ring substituents is 1. The molecule has 2 N–H and O–H groups in total. The fraction of sp³-hybridized carbons (Fsp3) is 0.0714. The smallest absolute Gasteiger partial charge is 0.339 e. The van der Waals surface area contributed by atoms with Gasteiger partial charge in [-0.05, 0) is 17.7 Å². The van der Waals surface area contributed by atoms with E-state index in [4.69, 9.17) is 33.0 Å². The number of nitrogens with zero attached hydrogens (tertiary/aromatic N) is 1. The molecule has 0 amide bonds. The van der Waals surface area contributed by atoms with E-state index >= 15 is 0 Å². The number of halogens is 2. The molecule has 23 heavy (non-hydrogen) atoms. The van der Waals surface area contributed by atoms with E-state index in [-0.39, 0.29) is 12.4 Å². The van der Waals surface area contributed by atoms with Crippen LogP contribution in [-0.2, 0) is 6.61 Å². The molecule has 0 aromatic heterocycles. The van der Waals surface area contributed by atoms with Gasteiger partial charge in [-0.3, -0.25) is 10.1 Å². The monoisotopic (exact) mass is 357 g/mol.